The van der Waals surface area contributed by atoms with Gasteiger partial charge in [0.2, 0.25) is 0 Å². The number of nitrogens with zero attached hydrogens (tertiary/aromatic N) is 1. The van der Waals surface area contributed by atoms with Crippen molar-refractivity contribution in [1.29, 1.82) is 0 Å². The second-order valence-electron chi connectivity index (χ2n) is 6.17. The van der Waals surface area contributed by atoms with Gasteiger partial charge in [0.15, 0.2) is 0 Å². The van der Waals surface area contributed by atoms with E-state index >= 15 is 0 Å². The van der Waals surface area contributed by atoms with E-state index in [4.69, 9.17) is 9.94 Å². The van der Waals surface area contributed by atoms with Crippen LogP contribution >= 0.6 is 0 Å². The Morgan fingerprint density at radius 1 is 1.19 bits per heavy atom. The third-order valence-electron chi connectivity index (χ3n) is 4.11. The maximum Gasteiger partial charge on any atom is 0.276 e. The van der Waals surface area contributed by atoms with Crippen LogP contribution in [-0.4, -0.2) is 33.2 Å². The Hall–Kier alpha value is -2.58. The Morgan fingerprint density at radius 2 is 1.81 bits per heavy atom. The number of hydrogen-bond acceptors (Lipinski definition) is 5. The van der Waals surface area contributed by atoms with Crippen LogP contribution < -0.4 is 14.5 Å². The molecule has 0 heterocycles. The van der Waals surface area contributed by atoms with Gasteiger partial charge in [0, 0.05) is 6.54 Å². The number of amides is 1. The van der Waals surface area contributed by atoms with E-state index in [0.29, 0.717) is 17.7 Å². The molecule has 27 heavy (non-hydrogen) atoms. The minimum absolute atomic E-state index is 0.0899. The smallest absolute Gasteiger partial charge is 0.276 e. The molecule has 2 aromatic rings. The van der Waals surface area contributed by atoms with Crippen molar-refractivity contribution in [3.05, 3.63) is 53.1 Å². The second-order valence-corrected chi connectivity index (χ2v) is 8.03. The average Bonchev–Trinajstić information content (AvgIpc) is 2.65. The molecule has 0 aliphatic carbocycles. The summed E-state index contributed by atoms with van der Waals surface area (Å²) in [6, 6.07) is 9.43. The monoisotopic (exact) mass is 392 g/mol. The maximum atomic E-state index is 13.3. The van der Waals surface area contributed by atoms with E-state index in [9.17, 15) is 13.2 Å². The third-order valence-corrected chi connectivity index (χ3v) is 5.93. The van der Waals surface area contributed by atoms with Gasteiger partial charge in [0.05, 0.1) is 23.3 Å². The van der Waals surface area contributed by atoms with Gasteiger partial charge in [-0.05, 0) is 61.7 Å². The van der Waals surface area contributed by atoms with Gasteiger partial charge in [-0.1, -0.05) is 13.0 Å². The summed E-state index contributed by atoms with van der Waals surface area (Å²) in [5.74, 6) is -0.217. The topological polar surface area (TPSA) is 95.9 Å². The summed E-state index contributed by atoms with van der Waals surface area (Å²) in [6.07, 6.45) is 0.545. The number of carbonyl (C=O) groups excluding carboxylic acids is 1. The zero-order valence-electron chi connectivity index (χ0n) is 15.8. The molecule has 2 aromatic carbocycles. The van der Waals surface area contributed by atoms with Crippen molar-refractivity contribution >= 4 is 21.6 Å². The fourth-order valence-electron chi connectivity index (χ4n) is 2.95. The molecular formula is C19H24N2O5S. The highest BCUT2D eigenvalue weighted by Gasteiger charge is 2.29. The van der Waals surface area contributed by atoms with Gasteiger partial charge in [0.25, 0.3) is 15.9 Å². The molecule has 0 bridgehead atoms. The summed E-state index contributed by atoms with van der Waals surface area (Å²) in [4.78, 5) is 12.3. The molecule has 0 aromatic heterocycles. The van der Waals surface area contributed by atoms with Crippen LogP contribution in [-0.2, 0) is 10.0 Å². The summed E-state index contributed by atoms with van der Waals surface area (Å²) in [5.41, 5.74) is 3.36. The molecule has 7 nitrogen and oxygen atoms in total. The SMILES string of the molecule is CCCN(c1c(C)cc(C)cc1C(=O)NO)S(=O)(=O)c1ccc(OC)cc1. The zero-order chi connectivity index (χ0) is 20.2. The second kappa shape index (κ2) is 8.41. The van der Waals surface area contributed by atoms with E-state index in [1.807, 2.05) is 6.92 Å². The van der Waals surface area contributed by atoms with Crippen LogP contribution in [0.1, 0.15) is 34.8 Å². The Morgan fingerprint density at radius 3 is 2.33 bits per heavy atom. The van der Waals surface area contributed by atoms with Crippen LogP contribution in [0.15, 0.2) is 41.3 Å². The average molecular weight is 392 g/mol. The predicted octanol–water partition coefficient (Wildman–Crippen LogP) is 3.04. The van der Waals surface area contributed by atoms with Crippen molar-refractivity contribution in [2.45, 2.75) is 32.1 Å². The molecule has 0 saturated heterocycles. The number of sulfonamides is 1. The van der Waals surface area contributed by atoms with Crippen LogP contribution in [0.2, 0.25) is 0 Å². The number of ether oxygens (including phenoxy) is 1. The fourth-order valence-corrected chi connectivity index (χ4v) is 4.59. The number of nitrogens with one attached hydrogen (secondary N) is 1. The van der Waals surface area contributed by atoms with E-state index in [0.717, 1.165) is 5.56 Å². The van der Waals surface area contributed by atoms with E-state index in [2.05, 4.69) is 0 Å². The Balaban J connectivity index is 2.68. The van der Waals surface area contributed by atoms with Crippen LogP contribution in [0.25, 0.3) is 0 Å². The number of rotatable bonds is 7. The third kappa shape index (κ3) is 4.23. The molecule has 0 aliphatic rings. The van der Waals surface area contributed by atoms with Crippen LogP contribution in [0.3, 0.4) is 0 Å². The standard InChI is InChI=1S/C19H24N2O5S/c1-5-10-21(27(24,25)16-8-6-15(26-4)7-9-16)18-14(3)11-13(2)12-17(18)19(22)20-23/h6-9,11-12,23H,5,10H2,1-4H3,(H,20,22). The van der Waals surface area contributed by atoms with Crippen LogP contribution in [0.5, 0.6) is 5.75 Å². The number of carbonyl (C=O) groups is 1. The number of benzene rings is 2. The molecular weight excluding hydrogens is 368 g/mol. The minimum Gasteiger partial charge on any atom is -0.497 e. The molecule has 0 unspecified atom stereocenters. The lowest BCUT2D eigenvalue weighted by Crippen LogP contribution is -2.35. The number of methoxy groups -OCH3 is 1. The molecule has 2 rings (SSSR count). The lowest BCUT2D eigenvalue weighted by atomic mass is 10.0. The highest BCUT2D eigenvalue weighted by Crippen LogP contribution is 2.32. The van der Waals surface area contributed by atoms with Gasteiger partial charge in [0.1, 0.15) is 5.75 Å². The summed E-state index contributed by atoms with van der Waals surface area (Å²) >= 11 is 0. The van der Waals surface area contributed by atoms with Gasteiger partial charge in [-0.2, -0.15) is 0 Å². The molecule has 0 radical (unpaired) electrons. The first-order chi connectivity index (χ1) is 12.8. The Kier molecular flexibility index (Phi) is 6.45. The Bertz CT molecular complexity index is 924. The van der Waals surface area contributed by atoms with E-state index < -0.39 is 15.9 Å². The van der Waals surface area contributed by atoms with Crippen molar-refractivity contribution in [2.24, 2.45) is 0 Å². The molecule has 0 saturated carbocycles. The molecule has 0 aliphatic heterocycles. The van der Waals surface area contributed by atoms with Crippen molar-refractivity contribution in [1.82, 2.24) is 5.48 Å². The summed E-state index contributed by atoms with van der Waals surface area (Å²) < 4.78 is 32.9. The van der Waals surface area contributed by atoms with Gasteiger partial charge in [-0.25, -0.2) is 13.9 Å². The number of hydroxylamine groups is 1. The zero-order valence-corrected chi connectivity index (χ0v) is 16.6. The maximum absolute atomic E-state index is 13.3. The molecule has 146 valence electrons. The lowest BCUT2D eigenvalue weighted by molar-refractivity contribution is 0.0707. The van der Waals surface area contributed by atoms with Gasteiger partial charge < -0.3 is 4.74 Å². The van der Waals surface area contributed by atoms with Crippen LogP contribution in [0, 0.1) is 13.8 Å². The number of anilines is 1. The van der Waals surface area contributed by atoms with Gasteiger partial charge in [-0.15, -0.1) is 0 Å². The first-order valence-electron chi connectivity index (χ1n) is 8.48. The normalized spacial score (nSPS) is 11.1. The lowest BCUT2D eigenvalue weighted by Gasteiger charge is -2.28. The Labute approximate surface area is 159 Å². The first-order valence-corrected chi connectivity index (χ1v) is 9.92. The van der Waals surface area contributed by atoms with Crippen molar-refractivity contribution < 1.29 is 23.2 Å². The predicted molar refractivity (Wildman–Crippen MR) is 103 cm³/mol. The fraction of sp³-hybridized carbons (Fsp3) is 0.316. The molecule has 0 atom stereocenters. The molecule has 0 fully saturated rings. The number of hydrogen-bond donors (Lipinski definition) is 2. The largest absolute Gasteiger partial charge is 0.497 e. The van der Waals surface area contributed by atoms with E-state index in [-0.39, 0.29) is 22.7 Å². The summed E-state index contributed by atoms with van der Waals surface area (Å²) in [6.45, 7) is 5.57. The highest BCUT2D eigenvalue weighted by molar-refractivity contribution is 7.92. The van der Waals surface area contributed by atoms with Crippen molar-refractivity contribution in [3.63, 3.8) is 0 Å². The molecule has 0 spiro atoms. The van der Waals surface area contributed by atoms with Gasteiger partial charge >= 0.3 is 0 Å². The highest BCUT2D eigenvalue weighted by atomic mass is 32.2. The number of aryl methyl sites for hydroxylation is 2. The van der Waals surface area contributed by atoms with E-state index in [1.165, 1.54) is 23.5 Å². The summed E-state index contributed by atoms with van der Waals surface area (Å²) in [5, 5.41) is 9.10. The minimum atomic E-state index is -3.92. The van der Waals surface area contributed by atoms with E-state index in [1.54, 1.807) is 43.6 Å². The molecule has 2 N–H and O–H groups in total. The first kappa shape index (κ1) is 20.7. The quantitative estimate of drug-likeness (QED) is 0.558. The molecule has 8 heteroatoms. The summed E-state index contributed by atoms with van der Waals surface area (Å²) in [7, 11) is -2.42. The molecule has 1 amide bonds. The van der Waals surface area contributed by atoms with Crippen molar-refractivity contribution in [3.8, 4) is 5.75 Å². The van der Waals surface area contributed by atoms with Crippen molar-refractivity contribution in [2.75, 3.05) is 18.0 Å². The van der Waals surface area contributed by atoms with Crippen LogP contribution in [0.4, 0.5) is 5.69 Å². The van der Waals surface area contributed by atoms with Gasteiger partial charge in [-0.3, -0.25) is 14.3 Å².